The number of allylic oxidation sites excluding steroid dienone is 1. The molecule has 4 aliphatic rings. The van der Waals surface area contributed by atoms with Crippen LogP contribution in [-0.2, 0) is 28.1 Å². The third-order valence-electron chi connectivity index (χ3n) is 13.5. The van der Waals surface area contributed by atoms with Crippen LogP contribution in [0.5, 0.6) is 0 Å². The van der Waals surface area contributed by atoms with Gasteiger partial charge in [0.05, 0.1) is 45.5 Å². The summed E-state index contributed by atoms with van der Waals surface area (Å²) in [6.07, 6.45) is 5.99. The summed E-state index contributed by atoms with van der Waals surface area (Å²) in [4.78, 5) is 65.7. The molecule has 1 aliphatic carbocycles. The van der Waals surface area contributed by atoms with Gasteiger partial charge in [-0.1, -0.05) is 41.9 Å². The molecule has 3 fully saturated rings. The van der Waals surface area contributed by atoms with Crippen LogP contribution in [0.15, 0.2) is 79.1 Å². The van der Waals surface area contributed by atoms with Crippen LogP contribution in [0.4, 0.5) is 25.0 Å². The summed E-state index contributed by atoms with van der Waals surface area (Å²) in [7, 11) is 0. The van der Waals surface area contributed by atoms with Gasteiger partial charge in [0.1, 0.15) is 18.0 Å². The van der Waals surface area contributed by atoms with Crippen LogP contribution in [0.2, 0.25) is 5.02 Å². The number of anilines is 2. The number of nitrogens with one attached hydrogen (secondary N) is 3. The molecule has 4 heterocycles. The summed E-state index contributed by atoms with van der Waals surface area (Å²) in [5.41, 5.74) is 5.88. The monoisotopic (exact) mass is 958 g/mol. The Bertz CT molecular complexity index is 2880. The van der Waals surface area contributed by atoms with E-state index in [0.29, 0.717) is 64.8 Å². The van der Waals surface area contributed by atoms with Gasteiger partial charge in [-0.25, -0.2) is 23.5 Å². The Labute approximate surface area is 403 Å². The van der Waals surface area contributed by atoms with E-state index in [1.807, 2.05) is 6.08 Å². The number of carbonyl (C=O) groups is 4. The molecule has 0 bridgehead atoms. The Kier molecular flexibility index (Phi) is 13.5. The van der Waals surface area contributed by atoms with Crippen LogP contribution >= 0.6 is 11.6 Å². The van der Waals surface area contributed by atoms with Gasteiger partial charge in [0.25, 0.3) is 11.8 Å². The predicted molar refractivity (Wildman–Crippen MR) is 259 cm³/mol. The van der Waals surface area contributed by atoms with Crippen LogP contribution < -0.4 is 20.9 Å². The molecule has 1 spiro atoms. The smallest absolute Gasteiger partial charge is 0.328 e. The normalized spacial score (nSPS) is 17.4. The molecular formula is C52H53ClF2N8O6. The number of rotatable bonds is 12. The SMILES string of the molecule is Cc1c(NC(=O)c2ccc(C(C)(C)O)cc2F)cc(F)cc1-c1ncnc2c1C=C(c1ccc(CN3CCC4(CC3)CN(CCNC(=O)c3ccc(Cl)c(N5CCC(=O)NC5=O)c3)CCO4)cc1)C2. The molecule has 5 amide bonds. The largest absolute Gasteiger partial charge is 0.386 e. The quantitative estimate of drug-likeness (QED) is 0.0983. The maximum atomic E-state index is 15.2. The number of amides is 5. The molecule has 5 aromatic rings. The summed E-state index contributed by atoms with van der Waals surface area (Å²) in [6, 6.07) is 19.2. The van der Waals surface area contributed by atoms with E-state index in [-0.39, 0.29) is 41.6 Å². The van der Waals surface area contributed by atoms with E-state index >= 15 is 8.78 Å². The van der Waals surface area contributed by atoms with Gasteiger partial charge in [-0.05, 0) is 110 Å². The van der Waals surface area contributed by atoms with E-state index in [0.717, 1.165) is 74.0 Å². The highest BCUT2D eigenvalue weighted by Crippen LogP contribution is 2.39. The predicted octanol–water partition coefficient (Wildman–Crippen LogP) is 7.50. The number of fused-ring (bicyclic) bond motifs is 1. The van der Waals surface area contributed by atoms with Crippen molar-refractivity contribution in [2.45, 2.75) is 64.2 Å². The van der Waals surface area contributed by atoms with E-state index in [2.05, 4.69) is 60.0 Å². The number of nitrogens with zero attached hydrogens (tertiary/aromatic N) is 5. The molecule has 9 rings (SSSR count). The fraction of sp³-hybridized carbons (Fsp3) is 0.346. The number of likely N-dealkylation sites (tertiary alicyclic amines) is 1. The van der Waals surface area contributed by atoms with Crippen molar-refractivity contribution < 1.29 is 37.8 Å². The number of ether oxygens (including phenoxy) is 1. The molecule has 17 heteroatoms. The van der Waals surface area contributed by atoms with Crippen LogP contribution in [-0.4, -0.2) is 107 Å². The minimum absolute atomic E-state index is 0.149. The van der Waals surface area contributed by atoms with Crippen LogP contribution in [0.25, 0.3) is 22.9 Å². The van der Waals surface area contributed by atoms with Crippen molar-refractivity contribution in [3.63, 3.8) is 0 Å². The van der Waals surface area contributed by atoms with Crippen LogP contribution in [0, 0.1) is 18.6 Å². The highest BCUT2D eigenvalue weighted by molar-refractivity contribution is 6.34. The average Bonchev–Trinajstić information content (AvgIpc) is 3.76. The number of hydrogen-bond donors (Lipinski definition) is 4. The number of aliphatic hydroxyl groups is 1. The number of halogens is 3. The van der Waals surface area contributed by atoms with E-state index in [9.17, 15) is 24.3 Å². The lowest BCUT2D eigenvalue weighted by Gasteiger charge is -2.47. The first-order valence-corrected chi connectivity index (χ1v) is 23.5. The number of aromatic nitrogens is 2. The lowest BCUT2D eigenvalue weighted by atomic mass is 9.89. The Morgan fingerprint density at radius 2 is 1.72 bits per heavy atom. The molecule has 358 valence electrons. The van der Waals surface area contributed by atoms with E-state index in [1.165, 1.54) is 54.9 Å². The van der Waals surface area contributed by atoms with Crippen molar-refractivity contribution >= 4 is 58.4 Å². The van der Waals surface area contributed by atoms with Crippen molar-refractivity contribution in [3.05, 3.63) is 140 Å². The molecule has 4 aromatic carbocycles. The molecule has 0 radical (unpaired) electrons. The summed E-state index contributed by atoms with van der Waals surface area (Å²) >= 11 is 6.37. The zero-order valence-corrected chi connectivity index (χ0v) is 39.4. The summed E-state index contributed by atoms with van der Waals surface area (Å²) in [6.45, 7) is 10.8. The Morgan fingerprint density at radius 1 is 0.942 bits per heavy atom. The molecule has 3 saturated heterocycles. The van der Waals surface area contributed by atoms with Gasteiger partial charge in [-0.15, -0.1) is 0 Å². The number of urea groups is 1. The van der Waals surface area contributed by atoms with Crippen molar-refractivity contribution in [3.8, 4) is 11.3 Å². The molecule has 69 heavy (non-hydrogen) atoms. The van der Waals surface area contributed by atoms with Gasteiger partial charge in [0.2, 0.25) is 5.91 Å². The molecule has 4 N–H and O–H groups in total. The maximum absolute atomic E-state index is 15.2. The molecule has 3 aliphatic heterocycles. The van der Waals surface area contributed by atoms with Crippen LogP contribution in [0.3, 0.4) is 0 Å². The third-order valence-corrected chi connectivity index (χ3v) is 13.9. The molecule has 1 aromatic heterocycles. The van der Waals surface area contributed by atoms with E-state index < -0.39 is 29.2 Å². The number of piperidine rings is 1. The summed E-state index contributed by atoms with van der Waals surface area (Å²) < 4.78 is 36.7. The second-order valence-corrected chi connectivity index (χ2v) is 19.1. The lowest BCUT2D eigenvalue weighted by Crippen LogP contribution is -2.57. The topological polar surface area (TPSA) is 169 Å². The molecule has 0 saturated carbocycles. The van der Waals surface area contributed by atoms with Gasteiger partial charge in [-0.3, -0.25) is 34.4 Å². The van der Waals surface area contributed by atoms with Gasteiger partial charge < -0.3 is 20.5 Å². The van der Waals surface area contributed by atoms with Crippen molar-refractivity contribution in [1.82, 2.24) is 30.4 Å². The van der Waals surface area contributed by atoms with Crippen molar-refractivity contribution in [2.75, 3.05) is 62.6 Å². The first kappa shape index (κ1) is 47.6. The highest BCUT2D eigenvalue weighted by atomic mass is 35.5. The molecular weight excluding hydrogens is 906 g/mol. The van der Waals surface area contributed by atoms with Gasteiger partial charge >= 0.3 is 6.03 Å². The number of imide groups is 1. The maximum Gasteiger partial charge on any atom is 0.328 e. The molecule has 0 atom stereocenters. The summed E-state index contributed by atoms with van der Waals surface area (Å²) in [5.74, 6) is -2.77. The fourth-order valence-electron chi connectivity index (χ4n) is 9.56. The van der Waals surface area contributed by atoms with Gasteiger partial charge in [0.15, 0.2) is 0 Å². The Balaban J connectivity index is 0.780. The number of morpholine rings is 1. The molecule has 0 unspecified atom stereocenters. The van der Waals surface area contributed by atoms with E-state index in [4.69, 9.17) is 16.3 Å². The zero-order valence-electron chi connectivity index (χ0n) is 38.6. The standard InChI is InChI=1S/C52H53ClF2N8O6/c1-31-39(26-37(54)27-43(31)59-49(66)38-10-9-36(25-42(38)55)51(2,3)68)47-40-22-35(23-44(40)57-30-58-47)33-6-4-32(5-7-33)28-61-17-13-52(14-18-61)29-62(20-21-69-52)19-15-56-48(65)34-8-11-41(53)45(24-34)63-16-12-46(64)60-50(63)67/h4-11,22,24-27,30,68H,12-21,23,28-29H2,1-3H3,(H,56,65)(H,59,66)(H,60,64,67). The van der Waals surface area contributed by atoms with Gasteiger partial charge in [0, 0.05) is 87.6 Å². The van der Waals surface area contributed by atoms with E-state index in [1.54, 1.807) is 25.1 Å². The lowest BCUT2D eigenvalue weighted by molar-refractivity contribution is -0.135. The van der Waals surface area contributed by atoms with Crippen molar-refractivity contribution in [2.24, 2.45) is 0 Å². The first-order chi connectivity index (χ1) is 33.0. The number of benzene rings is 4. The number of hydrogen-bond acceptors (Lipinski definition) is 10. The number of carbonyl (C=O) groups excluding carboxylic acids is 4. The average molecular weight is 959 g/mol. The molecule has 14 nitrogen and oxygen atoms in total. The fourth-order valence-corrected chi connectivity index (χ4v) is 9.78. The Morgan fingerprint density at radius 3 is 2.46 bits per heavy atom. The highest BCUT2D eigenvalue weighted by Gasteiger charge is 2.39. The second kappa shape index (κ2) is 19.5. The minimum Gasteiger partial charge on any atom is -0.386 e. The van der Waals surface area contributed by atoms with Gasteiger partial charge in [-0.2, -0.15) is 0 Å². The van der Waals surface area contributed by atoms with Crippen LogP contribution in [0.1, 0.15) is 87.3 Å². The zero-order chi connectivity index (χ0) is 48.6. The first-order valence-electron chi connectivity index (χ1n) is 23.1. The Hall–Kier alpha value is -6.43. The second-order valence-electron chi connectivity index (χ2n) is 18.7. The minimum atomic E-state index is -1.29. The third kappa shape index (κ3) is 10.5. The van der Waals surface area contributed by atoms with Crippen molar-refractivity contribution in [1.29, 1.82) is 0 Å². The summed E-state index contributed by atoms with van der Waals surface area (Å²) in [5, 5.41) is 18.5.